The molecule has 0 spiro atoms. The van der Waals surface area contributed by atoms with E-state index in [1.807, 2.05) is 13.8 Å². The fourth-order valence-corrected chi connectivity index (χ4v) is 4.41. The van der Waals surface area contributed by atoms with Gasteiger partial charge in [0.2, 0.25) is 5.90 Å². The molecule has 1 aromatic heterocycles. The Balaban J connectivity index is 1.58. The summed E-state index contributed by atoms with van der Waals surface area (Å²) in [5.74, 6) is -0.743. The molecule has 4 rings (SSSR count). The highest BCUT2D eigenvalue weighted by Gasteiger charge is 2.40. The first kappa shape index (κ1) is 24.6. The highest BCUT2D eigenvalue weighted by Crippen LogP contribution is 2.32. The molecular formula is C24H25F4N5O2. The van der Waals surface area contributed by atoms with Crippen LogP contribution in [0.3, 0.4) is 0 Å². The second kappa shape index (κ2) is 10.0. The van der Waals surface area contributed by atoms with E-state index in [-0.39, 0.29) is 30.0 Å². The number of aliphatic imine (C=N–C) groups is 1. The molecule has 7 nitrogen and oxygen atoms in total. The molecule has 0 radical (unpaired) electrons. The van der Waals surface area contributed by atoms with Gasteiger partial charge in [-0.05, 0) is 43.0 Å². The molecule has 3 atom stereocenters. The number of nitrogens with zero attached hydrogens (tertiary/aromatic N) is 5. The maximum Gasteiger partial charge on any atom is 0.416 e. The Morgan fingerprint density at radius 3 is 2.66 bits per heavy atom. The van der Waals surface area contributed by atoms with Crippen molar-refractivity contribution in [2.24, 2.45) is 10.9 Å². The van der Waals surface area contributed by atoms with Crippen molar-refractivity contribution in [1.29, 1.82) is 0 Å². The van der Waals surface area contributed by atoms with Crippen LogP contribution in [0.2, 0.25) is 0 Å². The molecule has 2 aliphatic rings. The van der Waals surface area contributed by atoms with Gasteiger partial charge in [-0.15, -0.1) is 0 Å². The van der Waals surface area contributed by atoms with Gasteiger partial charge in [0.1, 0.15) is 11.9 Å². The Labute approximate surface area is 199 Å². The largest absolute Gasteiger partial charge is 0.472 e. The van der Waals surface area contributed by atoms with Crippen LogP contribution in [0.1, 0.15) is 37.0 Å². The van der Waals surface area contributed by atoms with E-state index >= 15 is 0 Å². The zero-order valence-corrected chi connectivity index (χ0v) is 19.2. The molecule has 11 heteroatoms. The fourth-order valence-electron chi connectivity index (χ4n) is 4.41. The van der Waals surface area contributed by atoms with Gasteiger partial charge in [0.05, 0.1) is 41.8 Å². The Bertz CT molecular complexity index is 1160. The molecule has 3 unspecified atom stereocenters. The third-order valence-electron chi connectivity index (χ3n) is 6.03. The van der Waals surface area contributed by atoms with E-state index in [4.69, 9.17) is 4.74 Å². The van der Waals surface area contributed by atoms with E-state index in [0.29, 0.717) is 25.1 Å². The molecule has 2 aliphatic heterocycles. The van der Waals surface area contributed by atoms with Gasteiger partial charge in [0, 0.05) is 12.6 Å². The first-order valence-corrected chi connectivity index (χ1v) is 11.3. The number of hydrogen-bond acceptors (Lipinski definition) is 5. The van der Waals surface area contributed by atoms with Gasteiger partial charge in [-0.1, -0.05) is 19.9 Å². The van der Waals surface area contributed by atoms with Crippen LogP contribution in [0, 0.1) is 11.7 Å². The van der Waals surface area contributed by atoms with Crippen LogP contribution in [0.4, 0.5) is 17.6 Å². The van der Waals surface area contributed by atoms with Crippen molar-refractivity contribution in [3.8, 4) is 5.69 Å². The van der Waals surface area contributed by atoms with Gasteiger partial charge in [-0.2, -0.15) is 28.2 Å². The zero-order valence-electron chi connectivity index (χ0n) is 19.2. The Hall–Kier alpha value is -3.50. The summed E-state index contributed by atoms with van der Waals surface area (Å²) in [5, 5.41) is 8.12. The number of amides is 1. The van der Waals surface area contributed by atoms with E-state index in [2.05, 4.69) is 15.2 Å². The molecular weight excluding hydrogens is 466 g/mol. The van der Waals surface area contributed by atoms with Gasteiger partial charge in [0.25, 0.3) is 5.91 Å². The molecule has 1 amide bonds. The zero-order chi connectivity index (χ0) is 25.2. The standard InChI is InChI=1S/C24H25F4N5O2/c1-3-21(35-22-7-4-16(8-9-29-22)24(26,27)28)20-12-15(2)14-32(20)23(34)18-13-17(25)5-6-19(18)33-30-10-11-31-33/h4-8,10-11,13,15,20-21H,3,9,12,14H2,1-2H3. The van der Waals surface area contributed by atoms with Crippen LogP contribution in [0.5, 0.6) is 0 Å². The third-order valence-corrected chi connectivity index (χ3v) is 6.03. The molecule has 2 aromatic rings. The lowest BCUT2D eigenvalue weighted by molar-refractivity contribution is -0.0883. The van der Waals surface area contributed by atoms with Gasteiger partial charge in [-0.3, -0.25) is 4.79 Å². The molecule has 0 saturated carbocycles. The second-order valence-electron chi connectivity index (χ2n) is 8.58. The minimum atomic E-state index is -4.47. The first-order valence-electron chi connectivity index (χ1n) is 11.3. The van der Waals surface area contributed by atoms with Gasteiger partial charge >= 0.3 is 6.18 Å². The minimum absolute atomic E-state index is 0.0755. The molecule has 0 aliphatic carbocycles. The molecule has 186 valence electrons. The maximum atomic E-state index is 14.1. The van der Waals surface area contributed by atoms with Crippen molar-refractivity contribution >= 4 is 11.8 Å². The molecule has 1 aromatic carbocycles. The number of alkyl halides is 3. The average Bonchev–Trinajstić information content (AvgIpc) is 3.41. The Kier molecular flexibility index (Phi) is 7.04. The summed E-state index contributed by atoms with van der Waals surface area (Å²) in [6, 6.07) is 3.46. The highest BCUT2D eigenvalue weighted by atomic mass is 19.4. The summed E-state index contributed by atoms with van der Waals surface area (Å²) >= 11 is 0. The first-order chi connectivity index (χ1) is 16.7. The number of ether oxygens (including phenoxy) is 1. The molecule has 35 heavy (non-hydrogen) atoms. The number of allylic oxidation sites excluding steroid dienone is 2. The van der Waals surface area contributed by atoms with Crippen LogP contribution >= 0.6 is 0 Å². The highest BCUT2D eigenvalue weighted by molar-refractivity contribution is 5.98. The summed E-state index contributed by atoms with van der Waals surface area (Å²) in [6.07, 6.45) is 2.18. The molecule has 0 N–H and O–H groups in total. The molecule has 1 saturated heterocycles. The normalized spacial score (nSPS) is 21.4. The number of carbonyl (C=O) groups excluding carboxylic acids is 1. The number of likely N-dealkylation sites (tertiary alicyclic amines) is 1. The van der Waals surface area contributed by atoms with Crippen LogP contribution < -0.4 is 0 Å². The lowest BCUT2D eigenvalue weighted by atomic mass is 10.0. The lowest BCUT2D eigenvalue weighted by Gasteiger charge is -2.31. The van der Waals surface area contributed by atoms with E-state index in [1.54, 1.807) is 4.90 Å². The van der Waals surface area contributed by atoms with Crippen LogP contribution in [0.15, 0.2) is 59.4 Å². The number of benzene rings is 1. The topological polar surface area (TPSA) is 72.6 Å². The molecule has 3 heterocycles. The van der Waals surface area contributed by atoms with Crippen LogP contribution in [0.25, 0.3) is 5.69 Å². The van der Waals surface area contributed by atoms with Crippen molar-refractivity contribution in [2.75, 3.05) is 13.1 Å². The SMILES string of the molecule is CCC(OC1=NCC=C(C(F)(F)F)C=C1)C1CC(C)CN1C(=O)c1cc(F)ccc1-n1nccn1. The van der Waals surface area contributed by atoms with Crippen molar-refractivity contribution < 1.29 is 27.1 Å². The van der Waals surface area contributed by atoms with Gasteiger partial charge in [0.15, 0.2) is 0 Å². The molecule has 0 bridgehead atoms. The number of hydrogen-bond donors (Lipinski definition) is 0. The third kappa shape index (κ3) is 5.44. The van der Waals surface area contributed by atoms with E-state index in [0.717, 1.165) is 18.2 Å². The van der Waals surface area contributed by atoms with Crippen molar-refractivity contribution in [2.45, 2.75) is 45.0 Å². The minimum Gasteiger partial charge on any atom is -0.472 e. The summed E-state index contributed by atoms with van der Waals surface area (Å²) in [6.45, 7) is 4.13. The number of aromatic nitrogens is 3. The van der Waals surface area contributed by atoms with E-state index in [9.17, 15) is 22.4 Å². The second-order valence-corrected chi connectivity index (χ2v) is 8.58. The average molecular weight is 491 g/mol. The molecule has 1 fully saturated rings. The van der Waals surface area contributed by atoms with Crippen molar-refractivity contribution in [1.82, 2.24) is 19.9 Å². The summed E-state index contributed by atoms with van der Waals surface area (Å²) in [4.78, 5) is 20.7. The predicted molar refractivity (Wildman–Crippen MR) is 121 cm³/mol. The predicted octanol–water partition coefficient (Wildman–Crippen LogP) is 4.51. The quantitative estimate of drug-likeness (QED) is 0.577. The summed E-state index contributed by atoms with van der Waals surface area (Å²) in [5.41, 5.74) is -0.332. The van der Waals surface area contributed by atoms with E-state index in [1.165, 1.54) is 35.4 Å². The Morgan fingerprint density at radius 1 is 1.23 bits per heavy atom. The fraction of sp³-hybridized carbons (Fsp3) is 0.417. The Morgan fingerprint density at radius 2 is 1.97 bits per heavy atom. The van der Waals surface area contributed by atoms with Crippen molar-refractivity contribution in [3.05, 3.63) is 65.8 Å². The lowest BCUT2D eigenvalue weighted by Crippen LogP contribution is -2.44. The van der Waals surface area contributed by atoms with Crippen LogP contribution in [-0.2, 0) is 4.74 Å². The van der Waals surface area contributed by atoms with Gasteiger partial charge in [-0.25, -0.2) is 9.38 Å². The maximum absolute atomic E-state index is 14.1. The van der Waals surface area contributed by atoms with E-state index < -0.39 is 29.6 Å². The van der Waals surface area contributed by atoms with Crippen LogP contribution in [-0.4, -0.2) is 63.1 Å². The number of halogens is 4. The number of rotatable bonds is 5. The van der Waals surface area contributed by atoms with Crippen molar-refractivity contribution in [3.63, 3.8) is 0 Å². The monoisotopic (exact) mass is 491 g/mol. The summed E-state index contributed by atoms with van der Waals surface area (Å²) in [7, 11) is 0. The smallest absolute Gasteiger partial charge is 0.416 e. The van der Waals surface area contributed by atoms with Gasteiger partial charge < -0.3 is 9.64 Å². The summed E-state index contributed by atoms with van der Waals surface area (Å²) < 4.78 is 59.3. The number of carbonyl (C=O) groups is 1.